The fourth-order valence-corrected chi connectivity index (χ4v) is 4.83. The average Bonchev–Trinajstić information content (AvgIpc) is 3.41. The van der Waals surface area contributed by atoms with E-state index >= 15 is 0 Å². The number of nitrogens with zero attached hydrogens (tertiary/aromatic N) is 1. The van der Waals surface area contributed by atoms with Crippen molar-refractivity contribution in [2.24, 2.45) is 5.41 Å². The maximum Gasteiger partial charge on any atom is 0.291 e. The lowest BCUT2D eigenvalue weighted by Gasteiger charge is -2.41. The molecule has 2 amide bonds. The topological polar surface area (TPSA) is 71.8 Å². The van der Waals surface area contributed by atoms with Gasteiger partial charge in [0.15, 0.2) is 5.76 Å². The lowest BCUT2D eigenvalue weighted by atomic mass is 9.85. The Balaban J connectivity index is 1.35. The second-order valence-corrected chi connectivity index (χ2v) is 10.8. The average molecular weight is 545 g/mol. The Kier molecular flexibility index (Phi) is 7.43. The molecule has 1 aliphatic rings. The van der Waals surface area contributed by atoms with Crippen LogP contribution in [0.25, 0.3) is 0 Å². The molecule has 0 radical (unpaired) electrons. The highest BCUT2D eigenvalue weighted by Crippen LogP contribution is 2.39. The summed E-state index contributed by atoms with van der Waals surface area (Å²) >= 11 is 0. The number of fused-ring (bicyclic) bond motifs is 1. The van der Waals surface area contributed by atoms with Crippen LogP contribution >= 0.6 is 0 Å². The smallest absolute Gasteiger partial charge is 0.291 e. The molecule has 4 aromatic rings. The number of amides is 2. The van der Waals surface area contributed by atoms with Gasteiger partial charge in [-0.1, -0.05) is 39.0 Å². The summed E-state index contributed by atoms with van der Waals surface area (Å²) in [6.07, 6.45) is 0.675. The highest BCUT2D eigenvalue weighted by molar-refractivity contribution is 6.02. The minimum absolute atomic E-state index is 0.0132. The van der Waals surface area contributed by atoms with E-state index in [9.17, 15) is 18.4 Å². The molecule has 8 heteroatoms. The Labute approximate surface area is 231 Å². The summed E-state index contributed by atoms with van der Waals surface area (Å²) < 4.78 is 39.0. The van der Waals surface area contributed by atoms with Crippen LogP contribution in [0.1, 0.15) is 59.8 Å². The fourth-order valence-electron chi connectivity index (χ4n) is 4.83. The number of furan rings is 1. The maximum absolute atomic E-state index is 14.3. The van der Waals surface area contributed by atoms with Crippen LogP contribution in [0.3, 0.4) is 0 Å². The minimum Gasteiger partial charge on any atom is -0.486 e. The molecule has 6 nitrogen and oxygen atoms in total. The molecule has 1 aromatic heterocycles. The van der Waals surface area contributed by atoms with Crippen LogP contribution in [0, 0.1) is 17.0 Å². The Bertz CT molecular complexity index is 1540. The fraction of sp³-hybridized carbons (Fsp3) is 0.250. The molecular formula is C32H30F2N2O4. The van der Waals surface area contributed by atoms with Crippen LogP contribution in [0.4, 0.5) is 14.5 Å². The Morgan fingerprint density at radius 1 is 0.975 bits per heavy atom. The first-order valence-electron chi connectivity index (χ1n) is 13.1. The van der Waals surface area contributed by atoms with E-state index in [1.54, 1.807) is 18.2 Å². The number of nitrogens with one attached hydrogen (secondary N) is 1. The molecule has 0 unspecified atom stereocenters. The highest BCUT2D eigenvalue weighted by Gasteiger charge is 2.37. The van der Waals surface area contributed by atoms with Crippen molar-refractivity contribution in [2.45, 2.75) is 39.8 Å². The summed E-state index contributed by atoms with van der Waals surface area (Å²) in [5.41, 5.74) is 2.49. The van der Waals surface area contributed by atoms with E-state index in [1.165, 1.54) is 36.4 Å². The molecule has 3 aromatic carbocycles. The molecule has 40 heavy (non-hydrogen) atoms. The van der Waals surface area contributed by atoms with Gasteiger partial charge in [0.25, 0.3) is 5.91 Å². The zero-order valence-electron chi connectivity index (χ0n) is 22.5. The molecule has 5 rings (SSSR count). The summed E-state index contributed by atoms with van der Waals surface area (Å²) in [7, 11) is 0. The van der Waals surface area contributed by atoms with Gasteiger partial charge in [-0.25, -0.2) is 8.78 Å². The molecule has 0 saturated carbocycles. The van der Waals surface area contributed by atoms with Crippen molar-refractivity contribution in [2.75, 3.05) is 11.9 Å². The van der Waals surface area contributed by atoms with E-state index in [-0.39, 0.29) is 24.1 Å². The summed E-state index contributed by atoms with van der Waals surface area (Å²) in [6.45, 7) is 6.23. The molecule has 0 fully saturated rings. The van der Waals surface area contributed by atoms with Crippen molar-refractivity contribution in [3.8, 4) is 5.75 Å². The van der Waals surface area contributed by atoms with Crippen molar-refractivity contribution in [1.29, 1.82) is 0 Å². The van der Waals surface area contributed by atoms with Crippen molar-refractivity contribution in [3.05, 3.63) is 119 Å². The number of benzene rings is 3. The van der Waals surface area contributed by atoms with Crippen molar-refractivity contribution < 1.29 is 27.5 Å². The van der Waals surface area contributed by atoms with Gasteiger partial charge < -0.3 is 19.4 Å². The zero-order valence-corrected chi connectivity index (χ0v) is 22.5. The van der Waals surface area contributed by atoms with Crippen molar-refractivity contribution in [3.63, 3.8) is 0 Å². The van der Waals surface area contributed by atoms with Gasteiger partial charge >= 0.3 is 0 Å². The van der Waals surface area contributed by atoms with E-state index < -0.39 is 23.2 Å². The number of carbonyl (C=O) groups is 2. The monoisotopic (exact) mass is 544 g/mol. The van der Waals surface area contributed by atoms with Crippen LogP contribution < -0.4 is 10.1 Å². The van der Waals surface area contributed by atoms with E-state index in [1.807, 2.05) is 49.9 Å². The van der Waals surface area contributed by atoms with E-state index in [0.717, 1.165) is 11.1 Å². The summed E-state index contributed by atoms with van der Waals surface area (Å²) in [4.78, 5) is 27.7. The SMILES string of the molecule is CC(C)(C)C(=O)N1CCc2ccc(OCc3ccc(C(=O)Nc4ccc(F)cc4)o3)cc2[C@@H]1c1cccc(F)c1. The third-order valence-electron chi connectivity index (χ3n) is 6.78. The molecule has 1 aliphatic heterocycles. The molecule has 206 valence electrons. The zero-order chi connectivity index (χ0) is 28.4. The van der Waals surface area contributed by atoms with Gasteiger partial charge in [-0.05, 0) is 83.8 Å². The Morgan fingerprint density at radius 3 is 2.48 bits per heavy atom. The second-order valence-electron chi connectivity index (χ2n) is 10.8. The first-order chi connectivity index (χ1) is 19.1. The van der Waals surface area contributed by atoms with Gasteiger partial charge in [-0.3, -0.25) is 9.59 Å². The number of halogens is 2. The highest BCUT2D eigenvalue weighted by atomic mass is 19.1. The Morgan fingerprint density at radius 2 is 1.75 bits per heavy atom. The number of hydrogen-bond donors (Lipinski definition) is 1. The normalized spacial score (nSPS) is 14.9. The molecule has 0 aliphatic carbocycles. The third-order valence-corrected chi connectivity index (χ3v) is 6.78. The van der Waals surface area contributed by atoms with Gasteiger partial charge in [-0.2, -0.15) is 0 Å². The largest absolute Gasteiger partial charge is 0.486 e. The number of hydrogen-bond acceptors (Lipinski definition) is 4. The van der Waals surface area contributed by atoms with E-state index in [0.29, 0.717) is 35.7 Å². The first kappa shape index (κ1) is 27.1. The predicted octanol–water partition coefficient (Wildman–Crippen LogP) is 6.91. The minimum atomic E-state index is -0.600. The number of carbonyl (C=O) groups excluding carboxylic acids is 2. The van der Waals surface area contributed by atoms with Gasteiger partial charge in [0.05, 0.1) is 6.04 Å². The number of rotatable bonds is 6. The second kappa shape index (κ2) is 11.0. The lowest BCUT2D eigenvalue weighted by molar-refractivity contribution is -0.141. The predicted molar refractivity (Wildman–Crippen MR) is 147 cm³/mol. The van der Waals surface area contributed by atoms with E-state index in [2.05, 4.69) is 5.32 Å². The van der Waals surface area contributed by atoms with Gasteiger partial charge in [-0.15, -0.1) is 0 Å². The molecule has 1 N–H and O–H groups in total. The molecular weight excluding hydrogens is 514 g/mol. The molecule has 0 saturated heterocycles. The standard InChI is InChI=1S/C32H30F2N2O4/c1-32(2,3)31(38)36-16-15-20-7-12-25(18-27(20)29(36)21-5-4-6-23(34)17-21)39-19-26-13-14-28(40-26)30(37)35-24-10-8-22(33)9-11-24/h4-14,17-18,29H,15-16,19H2,1-3H3,(H,35,37)/t29-/m0/s1. The lowest BCUT2D eigenvalue weighted by Crippen LogP contribution is -2.45. The molecule has 0 spiro atoms. The van der Waals surface area contributed by atoms with Crippen molar-refractivity contribution in [1.82, 2.24) is 4.90 Å². The summed E-state index contributed by atoms with van der Waals surface area (Å²) in [5, 5.41) is 2.66. The third kappa shape index (κ3) is 5.91. The summed E-state index contributed by atoms with van der Waals surface area (Å²) in [6, 6.07) is 20.2. The summed E-state index contributed by atoms with van der Waals surface area (Å²) in [5.74, 6) is -0.150. The number of anilines is 1. The van der Waals surface area contributed by atoms with Crippen molar-refractivity contribution >= 4 is 17.5 Å². The van der Waals surface area contributed by atoms with Crippen LogP contribution in [-0.2, 0) is 17.8 Å². The van der Waals surface area contributed by atoms with Crippen LogP contribution in [0.15, 0.2) is 83.3 Å². The first-order valence-corrected chi connectivity index (χ1v) is 13.1. The maximum atomic E-state index is 14.3. The molecule has 1 atom stereocenters. The van der Waals surface area contributed by atoms with E-state index in [4.69, 9.17) is 9.15 Å². The molecule has 2 heterocycles. The van der Waals surface area contributed by atoms with Gasteiger partial charge in [0, 0.05) is 17.6 Å². The van der Waals surface area contributed by atoms with Crippen LogP contribution in [0.2, 0.25) is 0 Å². The number of ether oxygens (including phenoxy) is 1. The Hall–Kier alpha value is -4.46. The van der Waals surface area contributed by atoms with Gasteiger partial charge in [0.2, 0.25) is 5.91 Å². The van der Waals surface area contributed by atoms with Crippen LogP contribution in [-0.4, -0.2) is 23.3 Å². The van der Waals surface area contributed by atoms with Gasteiger partial charge in [0.1, 0.15) is 29.8 Å². The molecule has 0 bridgehead atoms. The quantitative estimate of drug-likeness (QED) is 0.286. The van der Waals surface area contributed by atoms with Crippen LogP contribution in [0.5, 0.6) is 5.75 Å².